The lowest BCUT2D eigenvalue weighted by atomic mass is 9.90. The number of nitrogens with zero attached hydrogens (tertiary/aromatic N) is 4. The van der Waals surface area contributed by atoms with Gasteiger partial charge in [0.25, 0.3) is 0 Å². The van der Waals surface area contributed by atoms with Crippen LogP contribution in [0.4, 0.5) is 0 Å². The minimum absolute atomic E-state index is 0.191. The monoisotopic (exact) mass is 618 g/mol. The van der Waals surface area contributed by atoms with Crippen molar-refractivity contribution >= 4 is 70.4 Å². The van der Waals surface area contributed by atoms with E-state index in [1.54, 1.807) is 0 Å². The van der Waals surface area contributed by atoms with Crippen molar-refractivity contribution in [3.63, 3.8) is 0 Å². The Labute approximate surface area is 274 Å². The van der Waals surface area contributed by atoms with Gasteiger partial charge < -0.3 is 4.90 Å². The third-order valence-electron chi connectivity index (χ3n) is 10.0. The van der Waals surface area contributed by atoms with Crippen LogP contribution in [0.1, 0.15) is 23.1 Å². The fraction of sp³-hybridized carbons (Fsp3) is 0.0476. The molecule has 220 valence electrons. The Hall–Kier alpha value is -5.78. The lowest BCUT2D eigenvalue weighted by Gasteiger charge is -2.28. The molecular formula is C42H26N4S. The van der Waals surface area contributed by atoms with E-state index in [1.807, 2.05) is 11.3 Å². The fourth-order valence-electron chi connectivity index (χ4n) is 7.79. The van der Waals surface area contributed by atoms with Crippen molar-refractivity contribution in [2.75, 3.05) is 0 Å². The van der Waals surface area contributed by atoms with Crippen molar-refractivity contribution in [3.05, 3.63) is 162 Å². The van der Waals surface area contributed by atoms with Crippen LogP contribution < -0.4 is 0 Å². The van der Waals surface area contributed by atoms with Crippen LogP contribution in [0.15, 0.2) is 151 Å². The van der Waals surface area contributed by atoms with Crippen molar-refractivity contribution in [1.82, 2.24) is 14.3 Å². The smallest absolute Gasteiger partial charge is 0.145 e. The number of allylic oxidation sites excluding steroid dienone is 2. The van der Waals surface area contributed by atoms with Crippen LogP contribution in [0.3, 0.4) is 0 Å². The summed E-state index contributed by atoms with van der Waals surface area (Å²) in [6.45, 7) is 0. The molecule has 5 aromatic carbocycles. The van der Waals surface area contributed by atoms with Gasteiger partial charge in [0.05, 0.1) is 17.1 Å². The van der Waals surface area contributed by atoms with Gasteiger partial charge in [0.2, 0.25) is 0 Å². The van der Waals surface area contributed by atoms with E-state index in [-0.39, 0.29) is 6.04 Å². The predicted octanol–water partition coefficient (Wildman–Crippen LogP) is 10.4. The van der Waals surface area contributed by atoms with Crippen molar-refractivity contribution in [2.45, 2.75) is 12.5 Å². The largest absolute Gasteiger partial charge is 0.303 e. The molecule has 3 aliphatic rings. The van der Waals surface area contributed by atoms with Crippen LogP contribution in [0.5, 0.6) is 0 Å². The van der Waals surface area contributed by atoms with E-state index in [0.717, 1.165) is 34.3 Å². The highest BCUT2D eigenvalue weighted by Crippen LogP contribution is 2.43. The van der Waals surface area contributed by atoms with Gasteiger partial charge in [-0.05, 0) is 71.0 Å². The molecule has 0 saturated carbocycles. The van der Waals surface area contributed by atoms with E-state index in [0.29, 0.717) is 0 Å². The number of pyridine rings is 1. The van der Waals surface area contributed by atoms with E-state index in [2.05, 4.69) is 149 Å². The number of aliphatic imine (C=N–C) groups is 1. The van der Waals surface area contributed by atoms with E-state index in [1.165, 1.54) is 64.6 Å². The van der Waals surface area contributed by atoms with Crippen LogP contribution in [0, 0.1) is 0 Å². The molecule has 0 fully saturated rings. The Balaban J connectivity index is 1.11. The van der Waals surface area contributed by atoms with Gasteiger partial charge in [0, 0.05) is 60.4 Å². The highest BCUT2D eigenvalue weighted by Gasteiger charge is 2.35. The SMILES string of the molecule is C1=CCC2N=C3c4ccccc4C(c4ccc5sc6ccc(-c7cn8c9ccccc9nc8c8ccccc78)cc6c5c4)=CN3C2=C1. The lowest BCUT2D eigenvalue weighted by Crippen LogP contribution is -2.27. The predicted molar refractivity (Wildman–Crippen MR) is 196 cm³/mol. The fourth-order valence-corrected chi connectivity index (χ4v) is 8.86. The average Bonchev–Trinajstić information content (AvgIpc) is 3.82. The molecule has 1 atom stereocenters. The number of hydrogen-bond acceptors (Lipinski definition) is 4. The first-order chi connectivity index (χ1) is 23.3. The summed E-state index contributed by atoms with van der Waals surface area (Å²) in [5.74, 6) is 1.06. The molecular weight excluding hydrogens is 593 g/mol. The van der Waals surface area contributed by atoms with E-state index < -0.39 is 0 Å². The summed E-state index contributed by atoms with van der Waals surface area (Å²) < 4.78 is 4.86. The quantitative estimate of drug-likeness (QED) is 0.193. The molecule has 47 heavy (non-hydrogen) atoms. The van der Waals surface area contributed by atoms with Crippen LogP contribution in [-0.2, 0) is 0 Å². The Morgan fingerprint density at radius 2 is 1.43 bits per heavy atom. The number of imidazole rings is 1. The number of amidine groups is 1. The molecule has 0 bridgehead atoms. The zero-order valence-electron chi connectivity index (χ0n) is 25.3. The summed E-state index contributed by atoms with van der Waals surface area (Å²) >= 11 is 1.87. The Kier molecular flexibility index (Phi) is 5.07. The molecule has 5 heterocycles. The summed E-state index contributed by atoms with van der Waals surface area (Å²) in [7, 11) is 0. The maximum Gasteiger partial charge on any atom is 0.145 e. The molecule has 0 amide bonds. The van der Waals surface area contributed by atoms with Crippen molar-refractivity contribution < 1.29 is 0 Å². The Morgan fingerprint density at radius 1 is 0.681 bits per heavy atom. The number of thiophene rings is 1. The Bertz CT molecular complexity index is 2790. The molecule has 0 saturated heterocycles. The van der Waals surface area contributed by atoms with Crippen LogP contribution in [0.25, 0.3) is 64.3 Å². The topological polar surface area (TPSA) is 32.9 Å². The first-order valence-electron chi connectivity index (χ1n) is 16.1. The van der Waals surface area contributed by atoms with Gasteiger partial charge in [-0.3, -0.25) is 9.39 Å². The highest BCUT2D eigenvalue weighted by atomic mass is 32.1. The molecule has 0 N–H and O–H groups in total. The second-order valence-electron chi connectivity index (χ2n) is 12.6. The molecule has 5 heteroatoms. The second kappa shape index (κ2) is 9.38. The summed E-state index contributed by atoms with van der Waals surface area (Å²) in [5.41, 5.74) is 11.7. The Morgan fingerprint density at radius 3 is 2.32 bits per heavy atom. The van der Waals surface area contributed by atoms with Gasteiger partial charge in [-0.2, -0.15) is 0 Å². The zero-order valence-corrected chi connectivity index (χ0v) is 26.1. The number of para-hydroxylation sites is 2. The van der Waals surface area contributed by atoms with Crippen molar-refractivity contribution in [2.24, 2.45) is 4.99 Å². The third kappa shape index (κ3) is 3.57. The van der Waals surface area contributed by atoms with Crippen LogP contribution in [-0.4, -0.2) is 26.2 Å². The first-order valence-corrected chi connectivity index (χ1v) is 16.9. The van der Waals surface area contributed by atoms with Gasteiger partial charge in [-0.25, -0.2) is 4.98 Å². The zero-order chi connectivity index (χ0) is 30.6. The standard InChI is InChI=1S/C42H26N4S/c1-3-11-29-27(9-1)33(23-45-37-15-7-5-13-35(37)43-41(29)45)25-17-19-39-31(21-25)32-22-26(18-20-40(32)47-39)34-24-46-38-16-8-6-14-36(38)44-42(46)30-12-4-2-10-28(30)34/h1-13,15-24,36H,14H2. The van der Waals surface area contributed by atoms with Crippen LogP contribution >= 0.6 is 11.3 Å². The van der Waals surface area contributed by atoms with Crippen molar-refractivity contribution in [3.8, 4) is 11.1 Å². The molecule has 3 aromatic heterocycles. The maximum absolute atomic E-state index is 5.15. The molecule has 1 unspecified atom stereocenters. The molecule has 2 aliphatic heterocycles. The van der Waals surface area contributed by atoms with Gasteiger partial charge in [-0.15, -0.1) is 11.3 Å². The van der Waals surface area contributed by atoms with Gasteiger partial charge >= 0.3 is 0 Å². The van der Waals surface area contributed by atoms with Gasteiger partial charge in [0.15, 0.2) is 0 Å². The third-order valence-corrected chi connectivity index (χ3v) is 11.2. The summed E-state index contributed by atoms with van der Waals surface area (Å²) in [6.07, 6.45) is 12.1. The highest BCUT2D eigenvalue weighted by molar-refractivity contribution is 7.25. The molecule has 0 radical (unpaired) electrons. The van der Waals surface area contributed by atoms with Gasteiger partial charge in [0.1, 0.15) is 11.5 Å². The van der Waals surface area contributed by atoms with Gasteiger partial charge in [-0.1, -0.05) is 84.9 Å². The molecule has 0 spiro atoms. The van der Waals surface area contributed by atoms with E-state index in [4.69, 9.17) is 9.98 Å². The number of rotatable bonds is 2. The minimum atomic E-state index is 0.191. The maximum atomic E-state index is 5.15. The van der Waals surface area contributed by atoms with Crippen LogP contribution in [0.2, 0.25) is 0 Å². The average molecular weight is 619 g/mol. The molecule has 4 nitrogen and oxygen atoms in total. The summed E-state index contributed by atoms with van der Waals surface area (Å²) in [4.78, 5) is 12.5. The molecule has 1 aliphatic carbocycles. The number of fused-ring (bicyclic) bond motifs is 13. The number of aromatic nitrogens is 2. The first kappa shape index (κ1) is 25.4. The summed E-state index contributed by atoms with van der Waals surface area (Å²) in [5, 5.41) is 4.96. The molecule has 11 rings (SSSR count). The molecule has 8 aromatic rings. The van der Waals surface area contributed by atoms with E-state index >= 15 is 0 Å². The second-order valence-corrected chi connectivity index (χ2v) is 13.7. The number of hydrogen-bond donors (Lipinski definition) is 0. The lowest BCUT2D eigenvalue weighted by molar-refractivity contribution is 0.642. The normalized spacial score (nSPS) is 16.9. The summed E-state index contributed by atoms with van der Waals surface area (Å²) in [6, 6.07) is 39.9. The van der Waals surface area contributed by atoms with E-state index in [9.17, 15) is 0 Å². The number of benzene rings is 5. The minimum Gasteiger partial charge on any atom is -0.303 e. The van der Waals surface area contributed by atoms with Crippen molar-refractivity contribution in [1.29, 1.82) is 0 Å².